The van der Waals surface area contributed by atoms with Crippen LogP contribution >= 0.6 is 11.8 Å². The van der Waals surface area contributed by atoms with E-state index in [1.54, 1.807) is 12.3 Å². The van der Waals surface area contributed by atoms with Crippen LogP contribution < -0.4 is 0 Å². The molecule has 7 nitrogen and oxygen atoms in total. The molecular formula is C17H22N2O5S. The highest BCUT2D eigenvalue weighted by molar-refractivity contribution is 8.04. The van der Waals surface area contributed by atoms with Crippen LogP contribution in [0.5, 0.6) is 0 Å². The lowest BCUT2D eigenvalue weighted by molar-refractivity contribution is -0.277. The lowest BCUT2D eigenvalue weighted by Crippen LogP contribution is -2.62. The van der Waals surface area contributed by atoms with Crippen molar-refractivity contribution >= 4 is 23.7 Å². The third-order valence-electron chi connectivity index (χ3n) is 3.39. The summed E-state index contributed by atoms with van der Waals surface area (Å²) in [5, 5.41) is 10.9. The summed E-state index contributed by atoms with van der Waals surface area (Å²) in [6.07, 6.45) is 3.18. The molecule has 136 valence electrons. The fraction of sp³-hybridized carbons (Fsp3) is 0.588. The van der Waals surface area contributed by atoms with Gasteiger partial charge >= 0.3 is 11.9 Å². The Hall–Kier alpha value is -1.98. The largest absolute Gasteiger partial charge is 0.456 e. The first-order valence-corrected chi connectivity index (χ1v) is 8.71. The van der Waals surface area contributed by atoms with E-state index in [1.165, 1.54) is 30.7 Å². The van der Waals surface area contributed by atoms with Crippen molar-refractivity contribution in [3.05, 3.63) is 23.3 Å². The van der Waals surface area contributed by atoms with Gasteiger partial charge in [0.1, 0.15) is 23.1 Å². The Morgan fingerprint density at radius 2 is 1.80 bits per heavy atom. The van der Waals surface area contributed by atoms with Crippen LogP contribution in [0.4, 0.5) is 0 Å². The van der Waals surface area contributed by atoms with Gasteiger partial charge in [-0.15, -0.1) is 11.8 Å². The first kappa shape index (κ1) is 19.3. The number of nitriles is 1. The van der Waals surface area contributed by atoms with Crippen molar-refractivity contribution in [3.8, 4) is 6.07 Å². The van der Waals surface area contributed by atoms with Crippen LogP contribution in [0.25, 0.3) is 0 Å². The summed E-state index contributed by atoms with van der Waals surface area (Å²) in [6.45, 7) is 8.61. The van der Waals surface area contributed by atoms with Crippen molar-refractivity contribution in [1.29, 1.82) is 5.26 Å². The fourth-order valence-corrected chi connectivity index (χ4v) is 3.52. The normalized spacial score (nSPS) is 28.5. The number of hydrogen-bond donors (Lipinski definition) is 0. The summed E-state index contributed by atoms with van der Waals surface area (Å²) >= 11 is 1.41. The zero-order valence-electron chi connectivity index (χ0n) is 14.9. The summed E-state index contributed by atoms with van der Waals surface area (Å²) in [7, 11) is 0. The van der Waals surface area contributed by atoms with Crippen LogP contribution in [0.1, 0.15) is 34.6 Å². The lowest BCUT2D eigenvalue weighted by Gasteiger charge is -2.47. The molecule has 0 spiro atoms. The van der Waals surface area contributed by atoms with E-state index in [1.807, 2.05) is 26.8 Å². The van der Waals surface area contributed by atoms with E-state index in [0.717, 1.165) is 0 Å². The number of nitrogens with zero attached hydrogens (tertiary/aromatic N) is 2. The van der Waals surface area contributed by atoms with Crippen LogP contribution in [0.2, 0.25) is 0 Å². The summed E-state index contributed by atoms with van der Waals surface area (Å²) in [5.41, 5.74) is 0. The summed E-state index contributed by atoms with van der Waals surface area (Å²) in [4.78, 5) is 29.1. The molecule has 0 aromatic heterocycles. The van der Waals surface area contributed by atoms with Crippen LogP contribution in [-0.4, -0.2) is 46.1 Å². The van der Waals surface area contributed by atoms with E-state index in [-0.39, 0.29) is 4.75 Å². The molecule has 1 saturated heterocycles. The van der Waals surface area contributed by atoms with E-state index >= 15 is 0 Å². The summed E-state index contributed by atoms with van der Waals surface area (Å²) in [6, 6.07) is 1.67. The zero-order valence-corrected chi connectivity index (χ0v) is 15.7. The highest BCUT2D eigenvalue weighted by Crippen LogP contribution is 2.36. The van der Waals surface area contributed by atoms with Gasteiger partial charge in [0.15, 0.2) is 12.2 Å². The molecule has 0 radical (unpaired) electrons. The molecule has 0 saturated carbocycles. The van der Waals surface area contributed by atoms with Gasteiger partial charge in [0.25, 0.3) is 0 Å². The number of esters is 2. The van der Waals surface area contributed by atoms with Gasteiger partial charge in [-0.3, -0.25) is 14.4 Å². The van der Waals surface area contributed by atoms with Gasteiger partial charge in [-0.2, -0.15) is 5.26 Å². The number of ether oxygens (including phenoxy) is 2. The average Bonchev–Trinajstić information content (AvgIpc) is 2.47. The monoisotopic (exact) mass is 366 g/mol. The molecule has 2 bridgehead atoms. The highest BCUT2D eigenvalue weighted by atomic mass is 32.2. The van der Waals surface area contributed by atoms with Gasteiger partial charge in [0.05, 0.1) is 6.20 Å². The van der Waals surface area contributed by atoms with Crippen molar-refractivity contribution in [2.45, 2.75) is 63.7 Å². The van der Waals surface area contributed by atoms with Crippen molar-refractivity contribution in [2.75, 3.05) is 0 Å². The summed E-state index contributed by atoms with van der Waals surface area (Å²) in [5.74, 6) is -0.952. The van der Waals surface area contributed by atoms with E-state index < -0.39 is 36.3 Å². The number of thioether (sulfide) groups is 1. The molecule has 0 aromatic carbocycles. The Balaban J connectivity index is 2.27. The number of carbonyl (C=O) groups is 2. The second kappa shape index (κ2) is 7.50. The SMILES string of the molecule is CC(=O)O[C@H]1[C@H](OC(C)=O)[C@H]2C=C[C@@H]1ON2/C=C(\C#N)SC(C)(C)C. The first-order valence-electron chi connectivity index (χ1n) is 7.89. The van der Waals surface area contributed by atoms with Crippen molar-refractivity contribution < 1.29 is 23.9 Å². The van der Waals surface area contributed by atoms with Crippen LogP contribution in [0, 0.1) is 11.3 Å². The molecule has 3 aliphatic rings. The quantitative estimate of drug-likeness (QED) is 0.425. The Kier molecular flexibility index (Phi) is 5.80. The molecule has 0 N–H and O–H groups in total. The number of rotatable bonds is 4. The molecule has 2 aliphatic heterocycles. The smallest absolute Gasteiger partial charge is 0.303 e. The third kappa shape index (κ3) is 5.00. The molecule has 25 heavy (non-hydrogen) atoms. The van der Waals surface area contributed by atoms with Gasteiger partial charge in [0.2, 0.25) is 0 Å². The Bertz CT molecular complexity index is 646. The fourth-order valence-electron chi connectivity index (χ4n) is 2.65. The van der Waals surface area contributed by atoms with E-state index in [0.29, 0.717) is 4.91 Å². The van der Waals surface area contributed by atoms with Gasteiger partial charge in [-0.1, -0.05) is 32.9 Å². The summed E-state index contributed by atoms with van der Waals surface area (Å²) < 4.78 is 10.5. The molecule has 1 aliphatic carbocycles. The molecule has 8 heteroatoms. The maximum atomic E-state index is 11.5. The third-order valence-corrected chi connectivity index (χ3v) is 4.42. The predicted molar refractivity (Wildman–Crippen MR) is 91.8 cm³/mol. The minimum absolute atomic E-state index is 0.137. The molecule has 0 amide bonds. The number of hydroxylamine groups is 2. The number of fused-ring (bicyclic) bond motifs is 2. The molecular weight excluding hydrogens is 344 g/mol. The van der Waals surface area contributed by atoms with Crippen LogP contribution in [0.3, 0.4) is 0 Å². The number of hydrogen-bond acceptors (Lipinski definition) is 8. The van der Waals surface area contributed by atoms with Gasteiger partial charge in [0, 0.05) is 18.6 Å². The Morgan fingerprint density at radius 3 is 2.32 bits per heavy atom. The number of allylic oxidation sites excluding steroid dienone is 1. The standard InChI is InChI=1S/C17H22N2O5S/c1-10(20)22-15-13-6-7-14(16(15)23-11(2)21)24-19(13)9-12(8-18)25-17(3,4)5/h6-7,9,13-16H,1-5H3/b12-9+/t13-,14+,15-,16-/m1/s1. The molecule has 2 heterocycles. The molecule has 0 aromatic rings. The second-order valence-corrected chi connectivity index (χ2v) is 8.64. The minimum atomic E-state index is -0.721. The highest BCUT2D eigenvalue weighted by Gasteiger charge is 2.50. The Morgan fingerprint density at radius 1 is 1.20 bits per heavy atom. The first-order chi connectivity index (χ1) is 11.6. The minimum Gasteiger partial charge on any atom is -0.456 e. The molecule has 0 unspecified atom stereocenters. The maximum absolute atomic E-state index is 11.5. The van der Waals surface area contributed by atoms with Gasteiger partial charge in [-0.05, 0) is 0 Å². The van der Waals surface area contributed by atoms with Crippen molar-refractivity contribution in [1.82, 2.24) is 5.06 Å². The van der Waals surface area contributed by atoms with Gasteiger partial charge in [-0.25, -0.2) is 5.06 Å². The number of carbonyl (C=O) groups excluding carboxylic acids is 2. The van der Waals surface area contributed by atoms with Crippen LogP contribution in [0.15, 0.2) is 23.3 Å². The zero-order chi connectivity index (χ0) is 18.8. The molecule has 4 atom stereocenters. The molecule has 1 fully saturated rings. The topological polar surface area (TPSA) is 88.9 Å². The van der Waals surface area contributed by atoms with Crippen molar-refractivity contribution in [2.24, 2.45) is 0 Å². The van der Waals surface area contributed by atoms with Crippen LogP contribution in [-0.2, 0) is 23.9 Å². The average molecular weight is 366 g/mol. The van der Waals surface area contributed by atoms with Gasteiger partial charge < -0.3 is 9.47 Å². The second-order valence-electron chi connectivity index (χ2n) is 6.77. The maximum Gasteiger partial charge on any atom is 0.303 e. The van der Waals surface area contributed by atoms with E-state index in [4.69, 9.17) is 14.3 Å². The predicted octanol–water partition coefficient (Wildman–Crippen LogP) is 2.30. The van der Waals surface area contributed by atoms with E-state index in [9.17, 15) is 14.9 Å². The Labute approximate surface area is 151 Å². The van der Waals surface area contributed by atoms with Crippen molar-refractivity contribution in [3.63, 3.8) is 0 Å². The molecule has 3 rings (SSSR count). The van der Waals surface area contributed by atoms with E-state index in [2.05, 4.69) is 6.07 Å². The lowest BCUT2D eigenvalue weighted by atomic mass is 9.91.